The highest BCUT2D eigenvalue weighted by molar-refractivity contribution is 6.53. The molecule has 0 fully saturated rings. The minimum atomic E-state index is 0.220. The summed E-state index contributed by atoms with van der Waals surface area (Å²) in [5, 5.41) is 21.4. The molecule has 0 amide bonds. The maximum absolute atomic E-state index is 8.87. The van der Waals surface area contributed by atoms with Crippen LogP contribution in [0.2, 0.25) is 0 Å². The Morgan fingerprint density at radius 3 is 1.98 bits per heavy atom. The van der Waals surface area contributed by atoms with Crippen molar-refractivity contribution < 1.29 is 4.42 Å². The molecule has 0 spiro atoms. The van der Waals surface area contributed by atoms with E-state index in [-0.39, 0.29) is 11.4 Å². The fourth-order valence-corrected chi connectivity index (χ4v) is 7.04. The first-order valence-electron chi connectivity index (χ1n) is 16.0. The van der Waals surface area contributed by atoms with Gasteiger partial charge in [-0.3, -0.25) is 10.8 Å². The smallest absolute Gasteiger partial charge is 0.135 e. The average molecular weight is 616 g/mol. The minimum absolute atomic E-state index is 0.220. The number of hydrogen-bond donors (Lipinski definition) is 2. The van der Waals surface area contributed by atoms with Gasteiger partial charge < -0.3 is 9.32 Å². The van der Waals surface area contributed by atoms with Crippen LogP contribution in [0.15, 0.2) is 162 Å². The van der Waals surface area contributed by atoms with Crippen molar-refractivity contribution in [3.8, 4) is 22.3 Å². The Hall–Kier alpha value is -6.52. The highest BCUT2D eigenvalue weighted by Crippen LogP contribution is 2.45. The van der Waals surface area contributed by atoms with Gasteiger partial charge in [-0.2, -0.15) is 0 Å². The normalized spacial score (nSPS) is 12.6. The predicted octanol–water partition coefficient (Wildman–Crippen LogP) is 12.0. The molecule has 0 saturated heterocycles. The summed E-state index contributed by atoms with van der Waals surface area (Å²) in [6.07, 6.45) is 3.64. The maximum Gasteiger partial charge on any atom is 0.135 e. The Bertz CT molecular complexity index is 2610. The highest BCUT2D eigenvalue weighted by atomic mass is 16.3. The summed E-state index contributed by atoms with van der Waals surface area (Å²) in [6.45, 7) is 0. The molecule has 4 nitrogen and oxygen atoms in total. The molecule has 4 heteroatoms. The number of anilines is 3. The van der Waals surface area contributed by atoms with E-state index in [1.54, 1.807) is 6.08 Å². The number of rotatable bonds is 5. The highest BCUT2D eigenvalue weighted by Gasteiger charge is 2.23. The van der Waals surface area contributed by atoms with Gasteiger partial charge in [0.1, 0.15) is 11.2 Å². The van der Waals surface area contributed by atoms with E-state index in [1.807, 2.05) is 36.4 Å². The van der Waals surface area contributed by atoms with Crippen molar-refractivity contribution in [1.82, 2.24) is 0 Å². The van der Waals surface area contributed by atoms with Gasteiger partial charge in [-0.05, 0) is 81.6 Å². The summed E-state index contributed by atoms with van der Waals surface area (Å²) in [7, 11) is 0. The molecule has 0 bridgehead atoms. The van der Waals surface area contributed by atoms with Gasteiger partial charge in [-0.1, -0.05) is 115 Å². The second kappa shape index (κ2) is 11.1. The number of allylic oxidation sites excluding steroid dienone is 1. The van der Waals surface area contributed by atoms with Crippen LogP contribution in [0, 0.1) is 10.8 Å². The molecule has 1 aliphatic carbocycles. The zero-order chi connectivity index (χ0) is 32.2. The molecule has 0 unspecified atom stereocenters. The van der Waals surface area contributed by atoms with Gasteiger partial charge >= 0.3 is 0 Å². The van der Waals surface area contributed by atoms with Crippen LogP contribution in [0.25, 0.3) is 61.0 Å². The van der Waals surface area contributed by atoms with Gasteiger partial charge in [0, 0.05) is 33.3 Å². The van der Waals surface area contributed by atoms with Crippen molar-refractivity contribution in [3.05, 3.63) is 169 Å². The first-order valence-corrected chi connectivity index (χ1v) is 16.0. The summed E-state index contributed by atoms with van der Waals surface area (Å²) in [5.74, 6) is 0. The Morgan fingerprint density at radius 2 is 1.12 bits per heavy atom. The molecule has 1 aliphatic rings. The maximum atomic E-state index is 8.87. The van der Waals surface area contributed by atoms with E-state index in [1.165, 1.54) is 0 Å². The fourth-order valence-electron chi connectivity index (χ4n) is 7.04. The quantitative estimate of drug-likeness (QED) is 0.202. The number of para-hydroxylation sites is 2. The number of nitrogens with one attached hydrogen (secondary N) is 2. The van der Waals surface area contributed by atoms with Crippen LogP contribution < -0.4 is 4.90 Å². The Balaban J connectivity index is 1.32. The van der Waals surface area contributed by atoms with Gasteiger partial charge in [-0.25, -0.2) is 0 Å². The van der Waals surface area contributed by atoms with Crippen LogP contribution in [-0.4, -0.2) is 11.4 Å². The molecule has 0 atom stereocenters. The molecule has 0 saturated carbocycles. The SMILES string of the molecule is N=C1C=Cc2ccc3ccc(N(c4ccc5oc6ccccc6c5c4)c4ccccc4-c4ccccc4-c4ccccc4)cc3c2C1=N. The zero-order valence-corrected chi connectivity index (χ0v) is 25.9. The van der Waals surface area contributed by atoms with Crippen LogP contribution in [0.4, 0.5) is 17.1 Å². The second-order valence-electron chi connectivity index (χ2n) is 12.1. The van der Waals surface area contributed by atoms with Crippen LogP contribution in [0.1, 0.15) is 11.1 Å². The third-order valence-corrected chi connectivity index (χ3v) is 9.31. The van der Waals surface area contributed by atoms with E-state index < -0.39 is 0 Å². The van der Waals surface area contributed by atoms with Gasteiger partial charge in [0.25, 0.3) is 0 Å². The van der Waals surface area contributed by atoms with E-state index >= 15 is 0 Å². The van der Waals surface area contributed by atoms with Gasteiger partial charge in [0.2, 0.25) is 0 Å². The van der Waals surface area contributed by atoms with Crippen molar-refractivity contribution in [1.29, 1.82) is 10.8 Å². The molecule has 9 rings (SSSR count). The molecule has 226 valence electrons. The molecule has 8 aromatic rings. The lowest BCUT2D eigenvalue weighted by Crippen LogP contribution is -2.16. The zero-order valence-electron chi connectivity index (χ0n) is 25.9. The number of hydrogen-bond acceptors (Lipinski definition) is 4. The van der Waals surface area contributed by atoms with Crippen LogP contribution in [0.5, 0.6) is 0 Å². The van der Waals surface area contributed by atoms with Crippen molar-refractivity contribution >= 4 is 67.3 Å². The van der Waals surface area contributed by atoms with E-state index in [2.05, 4.69) is 126 Å². The van der Waals surface area contributed by atoms with E-state index in [9.17, 15) is 0 Å². The van der Waals surface area contributed by atoms with Crippen LogP contribution >= 0.6 is 0 Å². The summed E-state index contributed by atoms with van der Waals surface area (Å²) >= 11 is 0. The molecule has 0 radical (unpaired) electrons. The minimum Gasteiger partial charge on any atom is -0.456 e. The van der Waals surface area contributed by atoms with Gasteiger partial charge in [-0.15, -0.1) is 0 Å². The second-order valence-corrected chi connectivity index (χ2v) is 12.1. The average Bonchev–Trinajstić information content (AvgIpc) is 3.52. The molecular weight excluding hydrogens is 587 g/mol. The van der Waals surface area contributed by atoms with Crippen LogP contribution in [0.3, 0.4) is 0 Å². The third-order valence-electron chi connectivity index (χ3n) is 9.31. The van der Waals surface area contributed by atoms with Crippen molar-refractivity contribution in [2.75, 3.05) is 4.90 Å². The Morgan fingerprint density at radius 1 is 0.479 bits per heavy atom. The molecule has 2 N–H and O–H groups in total. The predicted molar refractivity (Wildman–Crippen MR) is 200 cm³/mol. The van der Waals surface area contributed by atoms with Crippen molar-refractivity contribution in [2.24, 2.45) is 0 Å². The van der Waals surface area contributed by atoms with Crippen LogP contribution in [-0.2, 0) is 0 Å². The lowest BCUT2D eigenvalue weighted by molar-refractivity contribution is 0.669. The van der Waals surface area contributed by atoms with Crippen molar-refractivity contribution in [2.45, 2.75) is 0 Å². The Kier molecular flexibility index (Phi) is 6.41. The van der Waals surface area contributed by atoms with Gasteiger partial charge in [0.05, 0.1) is 17.1 Å². The number of benzene rings is 7. The molecular formula is C44H29N3O. The topological polar surface area (TPSA) is 64.1 Å². The summed E-state index contributed by atoms with van der Waals surface area (Å²) < 4.78 is 6.23. The largest absolute Gasteiger partial charge is 0.456 e. The number of nitrogens with zero attached hydrogens (tertiary/aromatic N) is 1. The fraction of sp³-hybridized carbons (Fsp3) is 0. The standard InChI is InChI=1S/C44H29N3O/c45-39-24-21-30-19-18-29-20-22-31(26-37(29)43(30)44(39)46)47(32-23-25-42-38(27-32)36-15-7-9-17-41(36)48-42)40-16-8-6-14-35(40)34-13-5-4-12-33(34)28-10-2-1-3-11-28/h1-27,45-46H. The van der Waals surface area contributed by atoms with E-state index in [0.29, 0.717) is 0 Å². The molecule has 1 aromatic heterocycles. The van der Waals surface area contributed by atoms with E-state index in [0.717, 1.165) is 83.2 Å². The van der Waals surface area contributed by atoms with E-state index in [4.69, 9.17) is 15.2 Å². The number of furan rings is 1. The molecule has 0 aliphatic heterocycles. The Labute approximate surface area is 277 Å². The number of fused-ring (bicyclic) bond motifs is 6. The lowest BCUT2D eigenvalue weighted by atomic mass is 9.89. The molecule has 7 aromatic carbocycles. The summed E-state index contributed by atoms with van der Waals surface area (Å²) in [4.78, 5) is 2.31. The summed E-state index contributed by atoms with van der Waals surface area (Å²) in [5.41, 5.74) is 11.4. The molecule has 48 heavy (non-hydrogen) atoms. The van der Waals surface area contributed by atoms with Gasteiger partial charge in [0.15, 0.2) is 0 Å². The monoisotopic (exact) mass is 615 g/mol. The lowest BCUT2D eigenvalue weighted by Gasteiger charge is -2.29. The first kappa shape index (κ1) is 27.8. The molecule has 1 heterocycles. The summed E-state index contributed by atoms with van der Waals surface area (Å²) in [6, 6.07) is 52.8. The first-order chi connectivity index (χ1) is 23.6. The van der Waals surface area contributed by atoms with Crippen molar-refractivity contribution in [3.63, 3.8) is 0 Å². The third kappa shape index (κ3) is 4.46.